The molecule has 0 N–H and O–H groups in total. The molecule has 0 bridgehead atoms. The molecule has 3 fully saturated rings. The van der Waals surface area contributed by atoms with E-state index in [-0.39, 0.29) is 18.2 Å². The third kappa shape index (κ3) is 3.02. The van der Waals surface area contributed by atoms with Gasteiger partial charge in [0.25, 0.3) is 0 Å². The molecular weight excluding hydrogens is 340 g/mol. The fourth-order valence-corrected chi connectivity index (χ4v) is 4.94. The SMILES string of the molecule is Cc1cc(-n2cccn2)ccc1CN1C[C@H]2OC(=O)N(C3CCCC3)[C@H]2C1. The number of likely N-dealkylation sites (tertiary alicyclic amines) is 1. The van der Waals surface area contributed by atoms with Gasteiger partial charge < -0.3 is 4.74 Å². The average Bonchev–Trinajstić information content (AvgIpc) is 3.41. The molecule has 2 aromatic rings. The number of ether oxygens (including phenoxy) is 1. The molecule has 1 saturated carbocycles. The smallest absolute Gasteiger partial charge is 0.410 e. The van der Waals surface area contributed by atoms with Crippen LogP contribution in [-0.4, -0.2) is 57.0 Å². The van der Waals surface area contributed by atoms with Crippen molar-refractivity contribution in [3.05, 3.63) is 47.8 Å². The quantitative estimate of drug-likeness (QED) is 0.834. The molecule has 1 amide bonds. The fourth-order valence-electron chi connectivity index (χ4n) is 4.94. The van der Waals surface area contributed by atoms with Crippen molar-refractivity contribution in [2.45, 2.75) is 57.3 Å². The van der Waals surface area contributed by atoms with Gasteiger partial charge >= 0.3 is 6.09 Å². The summed E-state index contributed by atoms with van der Waals surface area (Å²) in [5.74, 6) is 0. The Labute approximate surface area is 159 Å². The highest BCUT2D eigenvalue weighted by molar-refractivity contribution is 5.71. The molecule has 1 aliphatic carbocycles. The third-order valence-corrected chi connectivity index (χ3v) is 6.34. The van der Waals surface area contributed by atoms with Gasteiger partial charge in [0.05, 0.1) is 11.7 Å². The standard InChI is InChI=1S/C21H26N4O2/c1-15-11-18(24-10-4-9-22-24)8-7-16(15)12-23-13-19-20(14-23)27-21(26)25(19)17-5-2-3-6-17/h4,7-11,17,19-20H,2-3,5-6,12-14H2,1H3/t19-,20+/m0/s1. The lowest BCUT2D eigenvalue weighted by Gasteiger charge is -2.28. The van der Waals surface area contributed by atoms with Gasteiger partial charge in [-0.25, -0.2) is 9.48 Å². The molecule has 142 valence electrons. The van der Waals surface area contributed by atoms with Gasteiger partial charge in [-0.15, -0.1) is 0 Å². The molecule has 0 radical (unpaired) electrons. The van der Waals surface area contributed by atoms with Crippen LogP contribution >= 0.6 is 0 Å². The monoisotopic (exact) mass is 366 g/mol. The summed E-state index contributed by atoms with van der Waals surface area (Å²) in [4.78, 5) is 16.8. The minimum Gasteiger partial charge on any atom is -0.442 e. The number of amides is 1. The van der Waals surface area contributed by atoms with Crippen LogP contribution in [0.2, 0.25) is 0 Å². The van der Waals surface area contributed by atoms with Crippen molar-refractivity contribution in [1.29, 1.82) is 0 Å². The third-order valence-electron chi connectivity index (χ3n) is 6.34. The van der Waals surface area contributed by atoms with Crippen molar-refractivity contribution < 1.29 is 9.53 Å². The first-order valence-corrected chi connectivity index (χ1v) is 10.00. The van der Waals surface area contributed by atoms with E-state index in [0.717, 1.165) is 38.2 Å². The van der Waals surface area contributed by atoms with Gasteiger partial charge in [-0.05, 0) is 49.1 Å². The molecule has 1 aromatic carbocycles. The van der Waals surface area contributed by atoms with E-state index in [4.69, 9.17) is 4.74 Å². The summed E-state index contributed by atoms with van der Waals surface area (Å²) in [6, 6.07) is 9.05. The molecule has 3 aliphatic rings. The number of hydrogen-bond donors (Lipinski definition) is 0. The maximum atomic E-state index is 12.3. The first-order chi connectivity index (χ1) is 13.2. The highest BCUT2D eigenvalue weighted by atomic mass is 16.6. The fraction of sp³-hybridized carbons (Fsp3) is 0.524. The number of nitrogens with zero attached hydrogens (tertiary/aromatic N) is 4. The van der Waals surface area contributed by atoms with E-state index in [2.05, 4.69) is 40.0 Å². The zero-order valence-corrected chi connectivity index (χ0v) is 15.8. The Morgan fingerprint density at radius 2 is 2.07 bits per heavy atom. The Hall–Kier alpha value is -2.34. The lowest BCUT2D eigenvalue weighted by molar-refractivity contribution is 0.113. The van der Waals surface area contributed by atoms with Crippen molar-refractivity contribution >= 4 is 6.09 Å². The summed E-state index contributed by atoms with van der Waals surface area (Å²) < 4.78 is 7.60. The van der Waals surface area contributed by atoms with E-state index in [1.807, 2.05) is 16.9 Å². The minimum absolute atomic E-state index is 0.0294. The van der Waals surface area contributed by atoms with Crippen molar-refractivity contribution in [2.75, 3.05) is 13.1 Å². The van der Waals surface area contributed by atoms with Crippen LogP contribution in [0.4, 0.5) is 4.79 Å². The van der Waals surface area contributed by atoms with Gasteiger partial charge in [0.1, 0.15) is 6.10 Å². The molecule has 0 unspecified atom stereocenters. The maximum absolute atomic E-state index is 12.3. The summed E-state index contributed by atoms with van der Waals surface area (Å²) in [5, 5.41) is 4.30. The van der Waals surface area contributed by atoms with Crippen molar-refractivity contribution in [3.8, 4) is 5.69 Å². The molecule has 27 heavy (non-hydrogen) atoms. The van der Waals surface area contributed by atoms with Crippen LogP contribution < -0.4 is 0 Å². The minimum atomic E-state index is -0.0868. The van der Waals surface area contributed by atoms with E-state index in [1.54, 1.807) is 6.20 Å². The Morgan fingerprint density at radius 1 is 1.22 bits per heavy atom. The molecule has 6 nitrogen and oxygen atoms in total. The average molecular weight is 366 g/mol. The molecule has 2 aliphatic heterocycles. The predicted octanol–water partition coefficient (Wildman–Crippen LogP) is 3.13. The van der Waals surface area contributed by atoms with Crippen LogP contribution in [0, 0.1) is 6.92 Å². The number of hydrogen-bond acceptors (Lipinski definition) is 4. The van der Waals surface area contributed by atoms with Crippen molar-refractivity contribution in [2.24, 2.45) is 0 Å². The number of aryl methyl sites for hydroxylation is 1. The number of rotatable bonds is 4. The van der Waals surface area contributed by atoms with Crippen LogP contribution in [0.1, 0.15) is 36.8 Å². The maximum Gasteiger partial charge on any atom is 0.410 e. The zero-order chi connectivity index (χ0) is 18.4. The van der Waals surface area contributed by atoms with Gasteiger partial charge in [0.15, 0.2) is 0 Å². The first kappa shape index (κ1) is 16.8. The molecule has 2 saturated heterocycles. The van der Waals surface area contributed by atoms with Crippen molar-refractivity contribution in [1.82, 2.24) is 19.6 Å². The molecule has 6 heteroatoms. The number of carbonyl (C=O) groups is 1. The van der Waals surface area contributed by atoms with Crippen LogP contribution in [0.25, 0.3) is 5.69 Å². The molecule has 5 rings (SSSR count). The van der Waals surface area contributed by atoms with Gasteiger partial charge in [0, 0.05) is 38.1 Å². The second-order valence-electron chi connectivity index (χ2n) is 8.09. The normalized spacial score (nSPS) is 26.0. The van der Waals surface area contributed by atoms with Crippen LogP contribution in [-0.2, 0) is 11.3 Å². The second-order valence-corrected chi connectivity index (χ2v) is 8.09. The Bertz CT molecular complexity index is 829. The lowest BCUT2D eigenvalue weighted by Crippen LogP contribution is -2.43. The number of benzene rings is 1. The predicted molar refractivity (Wildman–Crippen MR) is 102 cm³/mol. The second kappa shape index (κ2) is 6.68. The summed E-state index contributed by atoms with van der Waals surface area (Å²) in [6.07, 6.45) is 8.43. The Kier molecular flexibility index (Phi) is 4.16. The Balaban J connectivity index is 1.28. The molecule has 1 aromatic heterocycles. The van der Waals surface area contributed by atoms with Crippen LogP contribution in [0.15, 0.2) is 36.7 Å². The van der Waals surface area contributed by atoms with Crippen LogP contribution in [0.3, 0.4) is 0 Å². The summed E-state index contributed by atoms with van der Waals surface area (Å²) in [7, 11) is 0. The highest BCUT2D eigenvalue weighted by Crippen LogP contribution is 2.35. The summed E-state index contributed by atoms with van der Waals surface area (Å²) in [5.41, 5.74) is 3.68. The first-order valence-electron chi connectivity index (χ1n) is 10.00. The van der Waals surface area contributed by atoms with E-state index in [1.165, 1.54) is 24.0 Å². The number of aromatic nitrogens is 2. The molecule has 2 atom stereocenters. The van der Waals surface area contributed by atoms with E-state index >= 15 is 0 Å². The van der Waals surface area contributed by atoms with Gasteiger partial charge in [-0.3, -0.25) is 9.80 Å². The van der Waals surface area contributed by atoms with Crippen molar-refractivity contribution in [3.63, 3.8) is 0 Å². The van der Waals surface area contributed by atoms with Gasteiger partial charge in [0.2, 0.25) is 0 Å². The Morgan fingerprint density at radius 3 is 2.81 bits per heavy atom. The molecule has 0 spiro atoms. The topological polar surface area (TPSA) is 50.6 Å². The van der Waals surface area contributed by atoms with Gasteiger partial charge in [-0.1, -0.05) is 18.9 Å². The van der Waals surface area contributed by atoms with E-state index < -0.39 is 0 Å². The number of fused-ring (bicyclic) bond motifs is 1. The number of carbonyl (C=O) groups excluding carboxylic acids is 1. The lowest BCUT2D eigenvalue weighted by atomic mass is 10.1. The summed E-state index contributed by atoms with van der Waals surface area (Å²) in [6.45, 7) is 4.80. The largest absolute Gasteiger partial charge is 0.442 e. The molecular formula is C21H26N4O2. The highest BCUT2D eigenvalue weighted by Gasteiger charge is 2.50. The molecule has 3 heterocycles. The van der Waals surface area contributed by atoms with E-state index in [0.29, 0.717) is 6.04 Å². The summed E-state index contributed by atoms with van der Waals surface area (Å²) >= 11 is 0. The van der Waals surface area contributed by atoms with Crippen LogP contribution in [0.5, 0.6) is 0 Å². The van der Waals surface area contributed by atoms with E-state index in [9.17, 15) is 4.79 Å². The van der Waals surface area contributed by atoms with Gasteiger partial charge in [-0.2, -0.15) is 5.10 Å². The zero-order valence-electron chi connectivity index (χ0n) is 15.8.